The van der Waals surface area contributed by atoms with Crippen LogP contribution in [0.5, 0.6) is 0 Å². The van der Waals surface area contributed by atoms with Gasteiger partial charge in [-0.1, -0.05) is 6.92 Å². The molecule has 5 nitrogen and oxygen atoms in total. The molecule has 1 atom stereocenters. The fourth-order valence-corrected chi connectivity index (χ4v) is 4.58. The van der Waals surface area contributed by atoms with Gasteiger partial charge in [-0.05, 0) is 38.6 Å². The number of nitrogens with zero attached hydrogens (tertiary/aromatic N) is 1. The van der Waals surface area contributed by atoms with Crippen molar-refractivity contribution in [1.29, 1.82) is 0 Å². The molecule has 21 heavy (non-hydrogen) atoms. The fourth-order valence-electron chi connectivity index (χ4n) is 2.38. The summed E-state index contributed by atoms with van der Waals surface area (Å²) in [5.41, 5.74) is 1.04. The van der Waals surface area contributed by atoms with Gasteiger partial charge in [0.1, 0.15) is 0 Å². The number of sulfonamides is 1. The van der Waals surface area contributed by atoms with Crippen LogP contribution in [0.1, 0.15) is 37.9 Å². The molecule has 0 radical (unpaired) electrons. The maximum Gasteiger partial charge on any atom is 0.242 e. The van der Waals surface area contributed by atoms with Gasteiger partial charge in [-0.25, -0.2) is 13.1 Å². The lowest BCUT2D eigenvalue weighted by molar-refractivity contribution is 0.558. The first-order valence-corrected chi connectivity index (χ1v) is 10.3. The number of hydrogen-bond donors (Lipinski definition) is 2. The van der Waals surface area contributed by atoms with Crippen molar-refractivity contribution < 1.29 is 8.42 Å². The predicted octanol–water partition coefficient (Wildman–Crippen LogP) is 1.96. The Labute approximate surface area is 131 Å². The molecule has 1 aromatic rings. The molecule has 7 heteroatoms. The Morgan fingerprint density at radius 3 is 2.71 bits per heavy atom. The quantitative estimate of drug-likeness (QED) is 0.726. The summed E-state index contributed by atoms with van der Waals surface area (Å²) >= 11 is 1.66. The minimum Gasteiger partial charge on any atom is -0.346 e. The third kappa shape index (κ3) is 4.25. The molecule has 1 aromatic heterocycles. The van der Waals surface area contributed by atoms with Gasteiger partial charge in [0.15, 0.2) is 0 Å². The molecule has 1 aliphatic rings. The molecule has 0 aromatic carbocycles. The second kappa shape index (κ2) is 7.17. The van der Waals surface area contributed by atoms with Gasteiger partial charge in [0.25, 0.3) is 0 Å². The molecule has 1 fully saturated rings. The molecular formula is C14H25N3O2S2. The van der Waals surface area contributed by atoms with Crippen molar-refractivity contribution in [1.82, 2.24) is 14.6 Å². The van der Waals surface area contributed by atoms with Crippen LogP contribution in [-0.4, -0.2) is 38.1 Å². The van der Waals surface area contributed by atoms with Crippen LogP contribution in [0.2, 0.25) is 0 Å². The van der Waals surface area contributed by atoms with Crippen LogP contribution in [0, 0.1) is 0 Å². The zero-order valence-electron chi connectivity index (χ0n) is 12.9. The summed E-state index contributed by atoms with van der Waals surface area (Å²) in [6.45, 7) is 2.69. The van der Waals surface area contributed by atoms with Gasteiger partial charge in [0, 0.05) is 36.3 Å². The van der Waals surface area contributed by atoms with Crippen molar-refractivity contribution in [2.45, 2.75) is 49.7 Å². The third-order valence-electron chi connectivity index (χ3n) is 3.70. The van der Waals surface area contributed by atoms with E-state index in [4.69, 9.17) is 0 Å². The molecule has 0 aliphatic heterocycles. The molecule has 0 amide bonds. The molecule has 1 aliphatic carbocycles. The monoisotopic (exact) mass is 331 g/mol. The van der Waals surface area contributed by atoms with E-state index < -0.39 is 10.0 Å². The molecule has 0 saturated heterocycles. The van der Waals surface area contributed by atoms with Crippen LogP contribution < -0.4 is 10.0 Å². The summed E-state index contributed by atoms with van der Waals surface area (Å²) in [5, 5.41) is 3.10. The van der Waals surface area contributed by atoms with E-state index in [0.29, 0.717) is 17.5 Å². The van der Waals surface area contributed by atoms with Gasteiger partial charge < -0.3 is 9.88 Å². The van der Waals surface area contributed by atoms with E-state index in [0.717, 1.165) is 30.7 Å². The zero-order chi connectivity index (χ0) is 15.5. The highest BCUT2D eigenvalue weighted by Gasteiger charge is 2.28. The molecule has 1 unspecified atom stereocenters. The molecular weight excluding hydrogens is 306 g/mol. The summed E-state index contributed by atoms with van der Waals surface area (Å²) < 4.78 is 30.0. The minimum absolute atomic E-state index is 0.0120. The maximum absolute atomic E-state index is 12.5. The van der Waals surface area contributed by atoms with Crippen LogP contribution in [0.3, 0.4) is 0 Å². The lowest BCUT2D eigenvalue weighted by Crippen LogP contribution is -2.35. The Morgan fingerprint density at radius 2 is 2.19 bits per heavy atom. The van der Waals surface area contributed by atoms with E-state index in [1.54, 1.807) is 24.0 Å². The summed E-state index contributed by atoms with van der Waals surface area (Å²) in [6, 6.07) is 2.26. The topological polar surface area (TPSA) is 63.1 Å². The lowest BCUT2D eigenvalue weighted by atomic mass is 10.3. The van der Waals surface area contributed by atoms with Crippen LogP contribution >= 0.6 is 11.8 Å². The van der Waals surface area contributed by atoms with E-state index >= 15 is 0 Å². The molecule has 120 valence electrons. The third-order valence-corrected chi connectivity index (χ3v) is 5.92. The summed E-state index contributed by atoms with van der Waals surface area (Å²) in [4.78, 5) is 0.388. The molecule has 2 rings (SSSR count). The average Bonchev–Trinajstić information content (AvgIpc) is 3.19. The van der Waals surface area contributed by atoms with Crippen LogP contribution in [0.25, 0.3) is 0 Å². The van der Waals surface area contributed by atoms with Gasteiger partial charge in [0.2, 0.25) is 10.0 Å². The van der Waals surface area contributed by atoms with E-state index in [9.17, 15) is 8.42 Å². The van der Waals surface area contributed by atoms with E-state index in [1.807, 2.05) is 20.2 Å². The first-order chi connectivity index (χ1) is 10.0. The standard InChI is InChI=1S/C14H25N3O2S2/c1-4-11(10-20-3)16-21(18,19)14-7-13(8-15-2)17(9-14)12-5-6-12/h7,9,11-12,15-16H,4-6,8,10H2,1-3H3. The van der Waals surface area contributed by atoms with E-state index in [1.165, 1.54) is 0 Å². The highest BCUT2D eigenvalue weighted by Crippen LogP contribution is 2.37. The molecule has 1 heterocycles. The van der Waals surface area contributed by atoms with Crippen LogP contribution in [-0.2, 0) is 16.6 Å². The molecule has 2 N–H and O–H groups in total. The van der Waals surface area contributed by atoms with Gasteiger partial charge in [0.05, 0.1) is 4.90 Å². The Morgan fingerprint density at radius 1 is 1.48 bits per heavy atom. The first kappa shape index (κ1) is 16.9. The fraction of sp³-hybridized carbons (Fsp3) is 0.714. The molecule has 1 saturated carbocycles. The smallest absolute Gasteiger partial charge is 0.242 e. The SMILES string of the molecule is CCC(CSC)NS(=O)(=O)c1cc(CNC)n(C2CC2)c1. The van der Waals surface area contributed by atoms with Gasteiger partial charge in [-0.2, -0.15) is 11.8 Å². The average molecular weight is 332 g/mol. The largest absolute Gasteiger partial charge is 0.346 e. The highest BCUT2D eigenvalue weighted by atomic mass is 32.2. The summed E-state index contributed by atoms with van der Waals surface area (Å²) in [7, 11) is -1.55. The first-order valence-electron chi connectivity index (χ1n) is 7.38. The van der Waals surface area contributed by atoms with Crippen molar-refractivity contribution in [2.75, 3.05) is 19.1 Å². The highest BCUT2D eigenvalue weighted by molar-refractivity contribution is 7.98. The zero-order valence-corrected chi connectivity index (χ0v) is 14.6. The number of aromatic nitrogens is 1. The Bertz CT molecular complexity index is 565. The predicted molar refractivity (Wildman–Crippen MR) is 88.2 cm³/mol. The number of rotatable bonds is 9. The second-order valence-electron chi connectivity index (χ2n) is 5.52. The number of nitrogens with one attached hydrogen (secondary N) is 2. The molecule has 0 bridgehead atoms. The Kier molecular flexibility index (Phi) is 5.76. The van der Waals surface area contributed by atoms with Crippen LogP contribution in [0.15, 0.2) is 17.2 Å². The summed E-state index contributed by atoms with van der Waals surface area (Å²) in [5.74, 6) is 0.794. The number of thioether (sulfide) groups is 1. The van der Waals surface area contributed by atoms with E-state index in [-0.39, 0.29) is 6.04 Å². The maximum atomic E-state index is 12.5. The van der Waals surface area contributed by atoms with Crippen molar-refractivity contribution in [3.63, 3.8) is 0 Å². The Hall–Kier alpha value is -0.500. The van der Waals surface area contributed by atoms with Crippen molar-refractivity contribution in [2.24, 2.45) is 0 Å². The number of hydrogen-bond acceptors (Lipinski definition) is 4. The van der Waals surface area contributed by atoms with Gasteiger partial charge in [-0.3, -0.25) is 0 Å². The van der Waals surface area contributed by atoms with Gasteiger partial charge >= 0.3 is 0 Å². The van der Waals surface area contributed by atoms with Crippen molar-refractivity contribution >= 4 is 21.8 Å². The van der Waals surface area contributed by atoms with Gasteiger partial charge in [-0.15, -0.1) is 0 Å². The lowest BCUT2D eigenvalue weighted by Gasteiger charge is -2.15. The van der Waals surface area contributed by atoms with Crippen molar-refractivity contribution in [3.8, 4) is 0 Å². The minimum atomic E-state index is -3.43. The summed E-state index contributed by atoms with van der Waals surface area (Å²) in [6.07, 6.45) is 6.86. The second-order valence-corrected chi connectivity index (χ2v) is 8.14. The Balaban J connectivity index is 2.21. The van der Waals surface area contributed by atoms with E-state index in [2.05, 4.69) is 14.6 Å². The van der Waals surface area contributed by atoms with Crippen molar-refractivity contribution in [3.05, 3.63) is 18.0 Å². The van der Waals surface area contributed by atoms with Crippen LogP contribution in [0.4, 0.5) is 0 Å². The molecule has 0 spiro atoms. The normalized spacial score (nSPS) is 17.1.